The third kappa shape index (κ3) is 2.18. The highest BCUT2D eigenvalue weighted by atomic mass is 35.7. The van der Waals surface area contributed by atoms with E-state index in [4.69, 9.17) is 10.7 Å². The number of β-lactam (4-membered cyclic amide) rings is 1. The fourth-order valence-electron chi connectivity index (χ4n) is 2.47. The molecule has 110 valence electrons. The first-order valence-corrected chi connectivity index (χ1v) is 8.21. The summed E-state index contributed by atoms with van der Waals surface area (Å²) >= 11 is 0. The van der Waals surface area contributed by atoms with Crippen LogP contribution in [0.2, 0.25) is 0 Å². The molecule has 2 heterocycles. The number of amides is 1. The molecule has 1 atom stereocenters. The van der Waals surface area contributed by atoms with Gasteiger partial charge in [0.2, 0.25) is 5.91 Å². The number of aromatic nitrogens is 4. The number of carbonyl (C=O) groups excluding carboxylic acids is 1. The molecular formula is C11H10ClN5O3S. The second kappa shape index (κ2) is 4.50. The fraction of sp³-hybridized carbons (Fsp3) is 0.273. The van der Waals surface area contributed by atoms with Crippen LogP contribution in [0.1, 0.15) is 18.9 Å². The molecule has 0 N–H and O–H groups in total. The number of hydrogen-bond donors (Lipinski definition) is 0. The van der Waals surface area contributed by atoms with Gasteiger partial charge >= 0.3 is 9.24 Å². The number of hydrogen-bond acceptors (Lipinski definition) is 6. The Morgan fingerprint density at radius 2 is 2.14 bits per heavy atom. The second-order valence-electron chi connectivity index (χ2n) is 4.86. The van der Waals surface area contributed by atoms with Gasteiger partial charge in [-0.05, 0) is 35.0 Å². The summed E-state index contributed by atoms with van der Waals surface area (Å²) in [7, 11) is 1.21. The monoisotopic (exact) mass is 327 g/mol. The lowest BCUT2D eigenvalue weighted by molar-refractivity contribution is -0.144. The summed E-state index contributed by atoms with van der Waals surface area (Å²) < 4.78 is 25.3. The standard InChI is InChI=1S/C11H10ClN5O3S/c1-11(6-10(18)17(11)21(12,19)20)8-3-2-4-9(5-8)16-7-13-14-15-16/h2-5,7H,6H2,1H3. The molecule has 1 aliphatic heterocycles. The Morgan fingerprint density at radius 1 is 1.38 bits per heavy atom. The van der Waals surface area contributed by atoms with E-state index < -0.39 is 20.7 Å². The maximum Gasteiger partial charge on any atom is 0.324 e. The Kier molecular flexibility index (Phi) is 2.99. The smallest absolute Gasteiger partial charge is 0.274 e. The number of tetrazole rings is 1. The topological polar surface area (TPSA) is 98.1 Å². The van der Waals surface area contributed by atoms with E-state index in [0.717, 1.165) is 0 Å². The lowest BCUT2D eigenvalue weighted by Crippen LogP contribution is -2.60. The quantitative estimate of drug-likeness (QED) is 0.604. The van der Waals surface area contributed by atoms with E-state index in [-0.39, 0.29) is 6.42 Å². The molecule has 0 aliphatic carbocycles. The number of halogens is 1. The third-order valence-corrected chi connectivity index (χ3v) is 4.93. The molecule has 8 nitrogen and oxygen atoms in total. The van der Waals surface area contributed by atoms with Crippen LogP contribution in [0.25, 0.3) is 5.69 Å². The highest BCUT2D eigenvalue weighted by molar-refractivity contribution is 8.12. The first-order chi connectivity index (χ1) is 9.82. The molecule has 1 fully saturated rings. The third-order valence-electron chi connectivity index (χ3n) is 3.47. The van der Waals surface area contributed by atoms with E-state index in [1.54, 1.807) is 31.2 Å². The van der Waals surface area contributed by atoms with Gasteiger partial charge in [0.25, 0.3) is 0 Å². The zero-order valence-corrected chi connectivity index (χ0v) is 12.4. The summed E-state index contributed by atoms with van der Waals surface area (Å²) in [5, 5.41) is 10.9. The van der Waals surface area contributed by atoms with Crippen LogP contribution < -0.4 is 0 Å². The average molecular weight is 328 g/mol. The van der Waals surface area contributed by atoms with E-state index in [1.165, 1.54) is 11.0 Å². The SMILES string of the molecule is CC1(c2cccc(-n3cnnn3)c2)CC(=O)N1S(=O)(=O)Cl. The zero-order chi connectivity index (χ0) is 15.3. The van der Waals surface area contributed by atoms with Crippen molar-refractivity contribution >= 4 is 25.8 Å². The lowest BCUT2D eigenvalue weighted by atomic mass is 9.82. The van der Waals surface area contributed by atoms with Gasteiger partial charge in [0.05, 0.1) is 17.6 Å². The summed E-state index contributed by atoms with van der Waals surface area (Å²) in [6.45, 7) is 1.65. The first-order valence-electron chi connectivity index (χ1n) is 5.94. The van der Waals surface area contributed by atoms with Crippen LogP contribution in [0.5, 0.6) is 0 Å². The average Bonchev–Trinajstić information content (AvgIpc) is 2.89. The Labute approximate surface area is 124 Å². The minimum atomic E-state index is -4.13. The molecule has 1 aromatic heterocycles. The van der Waals surface area contributed by atoms with Gasteiger partial charge in [0.1, 0.15) is 6.33 Å². The molecule has 1 saturated heterocycles. The Bertz CT molecular complexity index is 807. The maximum absolute atomic E-state index is 11.6. The van der Waals surface area contributed by atoms with Crippen molar-refractivity contribution < 1.29 is 13.2 Å². The maximum atomic E-state index is 11.6. The molecule has 0 bridgehead atoms. The number of rotatable bonds is 3. The molecule has 1 amide bonds. The number of nitrogens with zero attached hydrogens (tertiary/aromatic N) is 5. The van der Waals surface area contributed by atoms with Gasteiger partial charge in [0.15, 0.2) is 0 Å². The fourth-order valence-corrected chi connectivity index (χ4v) is 4.11. The molecule has 2 aromatic rings. The molecule has 0 saturated carbocycles. The van der Waals surface area contributed by atoms with Gasteiger partial charge in [-0.1, -0.05) is 12.1 Å². The number of benzene rings is 1. The summed E-state index contributed by atoms with van der Waals surface area (Å²) in [4.78, 5) is 11.6. The van der Waals surface area contributed by atoms with Gasteiger partial charge in [-0.15, -0.1) is 5.10 Å². The Balaban J connectivity index is 2.05. The van der Waals surface area contributed by atoms with E-state index in [2.05, 4.69) is 15.5 Å². The molecular weight excluding hydrogens is 318 g/mol. The molecule has 0 radical (unpaired) electrons. The highest BCUT2D eigenvalue weighted by Gasteiger charge is 2.54. The Hall–Kier alpha value is -2.00. The zero-order valence-electron chi connectivity index (χ0n) is 10.8. The Morgan fingerprint density at radius 3 is 2.71 bits per heavy atom. The van der Waals surface area contributed by atoms with Crippen LogP contribution in [0.15, 0.2) is 30.6 Å². The van der Waals surface area contributed by atoms with Gasteiger partial charge in [-0.25, -0.2) is 8.99 Å². The van der Waals surface area contributed by atoms with Crippen LogP contribution in [0, 0.1) is 0 Å². The summed E-state index contributed by atoms with van der Waals surface area (Å²) in [6.07, 6.45) is 1.49. The van der Waals surface area contributed by atoms with Gasteiger partial charge in [-0.2, -0.15) is 8.42 Å². The molecule has 1 unspecified atom stereocenters. The van der Waals surface area contributed by atoms with E-state index >= 15 is 0 Å². The minimum Gasteiger partial charge on any atom is -0.274 e. The van der Waals surface area contributed by atoms with Crippen LogP contribution >= 0.6 is 10.7 Å². The van der Waals surface area contributed by atoms with Gasteiger partial charge in [0, 0.05) is 10.7 Å². The van der Waals surface area contributed by atoms with Crippen LogP contribution in [-0.2, 0) is 19.6 Å². The van der Waals surface area contributed by atoms with Crippen molar-refractivity contribution in [1.29, 1.82) is 0 Å². The molecule has 3 rings (SSSR count). The minimum absolute atomic E-state index is 0.0675. The largest absolute Gasteiger partial charge is 0.324 e. The van der Waals surface area contributed by atoms with Crippen LogP contribution in [0.3, 0.4) is 0 Å². The molecule has 0 spiro atoms. The molecule has 1 aliphatic rings. The van der Waals surface area contributed by atoms with Crippen molar-refractivity contribution in [1.82, 2.24) is 24.5 Å². The predicted molar refractivity (Wildman–Crippen MR) is 72.7 cm³/mol. The van der Waals surface area contributed by atoms with Crippen molar-refractivity contribution in [3.05, 3.63) is 36.2 Å². The second-order valence-corrected chi connectivity index (χ2v) is 7.21. The molecule has 10 heteroatoms. The van der Waals surface area contributed by atoms with E-state index in [1.807, 2.05) is 0 Å². The molecule has 1 aromatic carbocycles. The summed E-state index contributed by atoms with van der Waals surface area (Å²) in [6, 6.07) is 6.95. The van der Waals surface area contributed by atoms with Crippen molar-refractivity contribution in [2.75, 3.05) is 0 Å². The number of carbonyl (C=O) groups is 1. The van der Waals surface area contributed by atoms with E-state index in [0.29, 0.717) is 15.6 Å². The summed E-state index contributed by atoms with van der Waals surface area (Å²) in [5.41, 5.74) is 0.297. The van der Waals surface area contributed by atoms with Crippen molar-refractivity contribution in [2.45, 2.75) is 18.9 Å². The highest BCUT2D eigenvalue weighted by Crippen LogP contribution is 2.44. The van der Waals surface area contributed by atoms with Crippen LogP contribution in [0.4, 0.5) is 0 Å². The van der Waals surface area contributed by atoms with Crippen molar-refractivity contribution in [3.63, 3.8) is 0 Å². The van der Waals surface area contributed by atoms with Gasteiger partial charge in [-0.3, -0.25) is 4.79 Å². The lowest BCUT2D eigenvalue weighted by Gasteiger charge is -2.47. The predicted octanol–water partition coefficient (Wildman–Crippen LogP) is 0.593. The van der Waals surface area contributed by atoms with E-state index in [9.17, 15) is 13.2 Å². The van der Waals surface area contributed by atoms with Crippen molar-refractivity contribution in [2.24, 2.45) is 0 Å². The van der Waals surface area contributed by atoms with Crippen LogP contribution in [-0.4, -0.2) is 38.8 Å². The summed E-state index contributed by atoms with van der Waals surface area (Å²) in [5.74, 6) is -0.527. The van der Waals surface area contributed by atoms with Gasteiger partial charge < -0.3 is 0 Å². The van der Waals surface area contributed by atoms with Crippen molar-refractivity contribution in [3.8, 4) is 5.69 Å². The first kappa shape index (κ1) is 14.0. The normalized spacial score (nSPS) is 22.2. The molecule has 21 heavy (non-hydrogen) atoms.